The number of hydrogen-bond acceptors (Lipinski definition) is 15. The van der Waals surface area contributed by atoms with Gasteiger partial charge >= 0.3 is 6.01 Å². The van der Waals surface area contributed by atoms with E-state index in [9.17, 15) is 24.3 Å². The molecule has 5 fully saturated rings. The number of nitrogens with one attached hydrogen (secondary N) is 4. The number of likely N-dealkylation sites (N-methyl/N-ethyl adjacent to an activating group) is 1. The van der Waals surface area contributed by atoms with E-state index in [0.29, 0.717) is 66.3 Å². The first-order chi connectivity index (χ1) is 39.4. The van der Waals surface area contributed by atoms with Crippen LogP contribution in [-0.2, 0) is 25.7 Å². The van der Waals surface area contributed by atoms with Crippen molar-refractivity contribution in [3.05, 3.63) is 94.5 Å². The summed E-state index contributed by atoms with van der Waals surface area (Å²) in [4.78, 5) is 82.8. The molecule has 7 atom stereocenters. The topological polar surface area (TPSA) is 210 Å². The van der Waals surface area contributed by atoms with Crippen LogP contribution in [0.5, 0.6) is 6.01 Å². The van der Waals surface area contributed by atoms with Crippen molar-refractivity contribution in [2.45, 2.75) is 128 Å². The van der Waals surface area contributed by atoms with Crippen LogP contribution in [0.1, 0.15) is 83.4 Å². The van der Waals surface area contributed by atoms with Crippen molar-refractivity contribution in [1.29, 1.82) is 0 Å². The molecule has 2 unspecified atom stereocenters. The number of likely N-dealkylation sites (tertiary alicyclic amines) is 3. The number of ether oxygens (including phenoxy) is 1. The van der Waals surface area contributed by atoms with Crippen molar-refractivity contribution in [3.63, 3.8) is 0 Å². The van der Waals surface area contributed by atoms with Gasteiger partial charge in [0.15, 0.2) is 5.82 Å². The van der Waals surface area contributed by atoms with Gasteiger partial charge in [-0.25, -0.2) is 9.37 Å². The highest BCUT2D eigenvalue weighted by Crippen LogP contribution is 2.39. The van der Waals surface area contributed by atoms with E-state index in [1.807, 2.05) is 87.8 Å². The van der Waals surface area contributed by atoms with Gasteiger partial charge in [0.1, 0.15) is 35.7 Å². The summed E-state index contributed by atoms with van der Waals surface area (Å²) in [6, 6.07) is 18.4. The van der Waals surface area contributed by atoms with Gasteiger partial charge in [-0.2, -0.15) is 9.97 Å². The summed E-state index contributed by atoms with van der Waals surface area (Å²) in [7, 11) is 2.09. The standard InChI is InChI=1S/C61H74ClFN12O6S/c1-35-54(82-34-67-35)38-16-14-36(15-17-38)27-66-58(79)48-26-44(76)32-75(48)59(80)55(61(2,3)4)69-49(77)13-8-22-64-57(78)39-20-23-73(24-21-39)42-25-43(72(5)31-42)33-81-60-70-53-46(56(71-60)74-29-40-18-19-41(30-74)68-40)28-65-52(51(53)63)45-11-6-9-37-10-7-12-47(62)50(37)45/h6-7,9-12,14-17,28,34,39-44,48,55,68,76H,8,13,18-27,29-33H2,1-5H3,(H,64,78)(H,66,79)(H,69,77)/t40?,41?,42-,43-,44+,48-,55+/m0/s1. The Labute approximate surface area is 486 Å². The highest BCUT2D eigenvalue weighted by atomic mass is 35.5. The maximum absolute atomic E-state index is 17.0. The molecule has 11 rings (SSSR count). The maximum atomic E-state index is 17.0. The third-order valence-corrected chi connectivity index (χ3v) is 18.6. The number of aliphatic hydroxyl groups is 1. The number of amides is 4. The van der Waals surface area contributed by atoms with E-state index in [2.05, 4.69) is 48.0 Å². The number of piperazine rings is 1. The van der Waals surface area contributed by atoms with Crippen molar-refractivity contribution in [1.82, 2.24) is 55.9 Å². The van der Waals surface area contributed by atoms with Crippen molar-refractivity contribution < 1.29 is 33.4 Å². The van der Waals surface area contributed by atoms with Crippen LogP contribution in [0.25, 0.3) is 43.4 Å². The second-order valence-electron chi connectivity index (χ2n) is 24.1. The minimum Gasteiger partial charge on any atom is -0.462 e. The Hall–Kier alpha value is -6.42. The summed E-state index contributed by atoms with van der Waals surface area (Å²) in [6.45, 7) is 12.3. The quantitative estimate of drug-likeness (QED) is 0.0590. The molecule has 0 radical (unpaired) electrons. The number of pyridine rings is 1. The number of hydrogen-bond donors (Lipinski definition) is 5. The van der Waals surface area contributed by atoms with Crippen molar-refractivity contribution in [2.24, 2.45) is 11.3 Å². The lowest BCUT2D eigenvalue weighted by molar-refractivity contribution is -0.144. The van der Waals surface area contributed by atoms with Gasteiger partial charge < -0.3 is 40.9 Å². The number of carbonyl (C=O) groups excluding carboxylic acids is 4. The third-order valence-electron chi connectivity index (χ3n) is 17.3. The molecule has 0 saturated carbocycles. The largest absolute Gasteiger partial charge is 0.462 e. The molecule has 4 amide bonds. The lowest BCUT2D eigenvalue weighted by atomic mass is 9.85. The minimum atomic E-state index is -0.948. The minimum absolute atomic E-state index is 0.0166. The van der Waals surface area contributed by atoms with E-state index >= 15 is 4.39 Å². The van der Waals surface area contributed by atoms with E-state index in [4.69, 9.17) is 31.3 Å². The zero-order valence-electron chi connectivity index (χ0n) is 47.3. The Bertz CT molecular complexity index is 3320. The molecule has 21 heteroatoms. The number of nitrogens with zero attached hydrogens (tertiary/aromatic N) is 8. The molecule has 434 valence electrons. The summed E-state index contributed by atoms with van der Waals surface area (Å²) in [5.74, 6) is -1.23. The fraction of sp³-hybridized carbons (Fsp3) is 0.508. The van der Waals surface area contributed by atoms with E-state index in [-0.39, 0.29) is 78.9 Å². The van der Waals surface area contributed by atoms with Gasteiger partial charge in [0.2, 0.25) is 23.6 Å². The van der Waals surface area contributed by atoms with Crippen LogP contribution in [0, 0.1) is 24.1 Å². The summed E-state index contributed by atoms with van der Waals surface area (Å²) < 4.78 is 23.5. The summed E-state index contributed by atoms with van der Waals surface area (Å²) in [5, 5.41) is 26.0. The molecule has 2 bridgehead atoms. The molecule has 18 nitrogen and oxygen atoms in total. The number of benzene rings is 3. The van der Waals surface area contributed by atoms with Crippen LogP contribution >= 0.6 is 22.9 Å². The molecule has 3 aromatic carbocycles. The Balaban J connectivity index is 0.645. The molecule has 3 aromatic heterocycles. The first-order valence-corrected chi connectivity index (χ1v) is 30.2. The average molecular weight is 1160 g/mol. The van der Waals surface area contributed by atoms with Gasteiger partial charge in [0.05, 0.1) is 27.6 Å². The van der Waals surface area contributed by atoms with Crippen LogP contribution in [0.15, 0.2) is 72.4 Å². The van der Waals surface area contributed by atoms with E-state index in [1.165, 1.54) is 4.90 Å². The predicted molar refractivity (Wildman–Crippen MR) is 316 cm³/mol. The second-order valence-corrected chi connectivity index (χ2v) is 25.4. The molecule has 0 spiro atoms. The number of thiazole rings is 1. The number of piperidine rings is 1. The summed E-state index contributed by atoms with van der Waals surface area (Å²) in [5.41, 5.74) is 4.93. The Morgan fingerprint density at radius 1 is 0.915 bits per heavy atom. The molecule has 8 heterocycles. The molecule has 5 aliphatic rings. The number of aromatic nitrogens is 4. The van der Waals surface area contributed by atoms with Crippen LogP contribution < -0.4 is 30.9 Å². The highest BCUT2D eigenvalue weighted by Gasteiger charge is 2.45. The number of fused-ring (bicyclic) bond motifs is 4. The zero-order chi connectivity index (χ0) is 57.4. The normalized spacial score (nSPS) is 22.9. The Kier molecular flexibility index (Phi) is 17.1. The fourth-order valence-corrected chi connectivity index (χ4v) is 13.9. The smallest absolute Gasteiger partial charge is 0.319 e. The number of aryl methyl sites for hydroxylation is 1. The van der Waals surface area contributed by atoms with E-state index in [1.54, 1.807) is 23.6 Å². The predicted octanol–water partition coefficient (Wildman–Crippen LogP) is 6.88. The second kappa shape index (κ2) is 24.4. The Morgan fingerprint density at radius 3 is 2.38 bits per heavy atom. The van der Waals surface area contributed by atoms with Crippen LogP contribution in [0.2, 0.25) is 5.02 Å². The molecule has 5 saturated heterocycles. The number of β-amino-alcohol motifs (C(OH)–C–C–N with tert-alkyl or cyclic N) is 1. The van der Waals surface area contributed by atoms with Crippen LogP contribution in [0.3, 0.4) is 0 Å². The molecule has 0 aliphatic carbocycles. The first-order valence-electron chi connectivity index (χ1n) is 28.9. The van der Waals surface area contributed by atoms with Crippen molar-refractivity contribution >= 4 is 74.1 Å². The van der Waals surface area contributed by atoms with Crippen molar-refractivity contribution in [2.75, 3.05) is 64.4 Å². The molecule has 5 aliphatic heterocycles. The zero-order valence-corrected chi connectivity index (χ0v) is 48.9. The average Bonchev–Trinajstić information content (AvgIpc) is 2.62. The first kappa shape index (κ1) is 57.4. The lowest BCUT2D eigenvalue weighted by Gasteiger charge is -2.35. The number of rotatable bonds is 17. The van der Waals surface area contributed by atoms with Crippen LogP contribution in [0.4, 0.5) is 10.2 Å². The summed E-state index contributed by atoms with van der Waals surface area (Å²) >= 11 is 8.27. The maximum Gasteiger partial charge on any atom is 0.319 e. The third kappa shape index (κ3) is 12.4. The summed E-state index contributed by atoms with van der Waals surface area (Å²) in [6.07, 6.45) is 5.80. The molecule has 82 heavy (non-hydrogen) atoms. The molecule has 6 aromatic rings. The number of halogens is 2. The van der Waals surface area contributed by atoms with Crippen LogP contribution in [-0.4, -0.2) is 165 Å². The fourth-order valence-electron chi connectivity index (χ4n) is 12.8. The number of aliphatic hydroxyl groups excluding tert-OH is 1. The lowest BCUT2D eigenvalue weighted by Crippen LogP contribution is -2.57. The molecular weight excluding hydrogens is 1080 g/mol. The van der Waals surface area contributed by atoms with Crippen molar-refractivity contribution in [3.8, 4) is 27.7 Å². The monoisotopic (exact) mass is 1160 g/mol. The van der Waals surface area contributed by atoms with Gasteiger partial charge in [-0.1, -0.05) is 87.0 Å². The highest BCUT2D eigenvalue weighted by molar-refractivity contribution is 7.13. The van der Waals surface area contributed by atoms with Gasteiger partial charge in [-0.3, -0.25) is 34.0 Å². The van der Waals surface area contributed by atoms with E-state index in [0.717, 1.165) is 84.5 Å². The number of carbonyl (C=O) groups is 4. The van der Waals surface area contributed by atoms with Gasteiger partial charge in [-0.05, 0) is 93.6 Å². The SMILES string of the molecule is Cc1ncsc1-c1ccc(CNC(=O)[C@@H]2C[C@@H](O)CN2C(=O)[C@@H](NC(=O)CCCNC(=O)C2CCN([C@H]3C[C@@H](COc4nc(N5CC6CCC(C5)N6)c5cnc(-c6cccc7cccc(Cl)c67)c(F)c5n4)N(C)C3)CC2)C(C)(C)C)cc1. The Morgan fingerprint density at radius 2 is 1.66 bits per heavy atom. The van der Waals surface area contributed by atoms with Gasteiger partial charge in [-0.15, -0.1) is 11.3 Å². The van der Waals surface area contributed by atoms with E-state index < -0.39 is 35.3 Å². The molecular formula is C61H74ClFN12O6S. The molecule has 5 N–H and O–H groups in total. The van der Waals surface area contributed by atoms with Gasteiger partial charge in [0, 0.05) is 104 Å². The number of anilines is 1. The van der Waals surface area contributed by atoms with Gasteiger partial charge in [0.25, 0.3) is 0 Å².